The molecular weight excluding hydrogens is 320 g/mol. The van der Waals surface area contributed by atoms with E-state index in [1.165, 1.54) is 0 Å². The summed E-state index contributed by atoms with van der Waals surface area (Å²) in [4.78, 5) is 26.0. The second-order valence-corrected chi connectivity index (χ2v) is 6.86. The summed E-state index contributed by atoms with van der Waals surface area (Å²) in [5.74, 6) is -0.132. The maximum Gasteiger partial charge on any atom is 0.169 e. The summed E-state index contributed by atoms with van der Waals surface area (Å²) in [6.07, 6.45) is 11.0. The molecule has 0 amide bonds. The monoisotopic (exact) mass is 344 g/mol. The Kier molecular flexibility index (Phi) is 5.96. The van der Waals surface area contributed by atoms with Gasteiger partial charge in [0, 0.05) is 0 Å². The lowest BCUT2D eigenvalue weighted by atomic mass is 9.68. The number of allylic oxidation sites excluding steroid dienone is 2. The second-order valence-electron chi connectivity index (χ2n) is 6.86. The van der Waals surface area contributed by atoms with Crippen molar-refractivity contribution in [3.63, 3.8) is 0 Å². The van der Waals surface area contributed by atoms with Crippen molar-refractivity contribution in [1.82, 2.24) is 0 Å². The van der Waals surface area contributed by atoms with Crippen LogP contribution < -0.4 is 0 Å². The quantitative estimate of drug-likeness (QED) is 0.512. The van der Waals surface area contributed by atoms with E-state index < -0.39 is 5.41 Å². The molecule has 132 valence electrons. The zero-order chi connectivity index (χ0) is 18.2. The molecular formula is C24H24O2. The van der Waals surface area contributed by atoms with Crippen LogP contribution in [-0.4, -0.2) is 11.6 Å². The number of hydrogen-bond donors (Lipinski definition) is 0. The molecule has 0 spiro atoms. The van der Waals surface area contributed by atoms with Crippen molar-refractivity contribution in [3.8, 4) is 0 Å². The van der Waals surface area contributed by atoms with Crippen LogP contribution >= 0.6 is 0 Å². The number of rotatable bonds is 6. The van der Waals surface area contributed by atoms with Gasteiger partial charge in [-0.3, -0.25) is 9.59 Å². The molecule has 3 rings (SSSR count). The van der Waals surface area contributed by atoms with Gasteiger partial charge in [0.25, 0.3) is 0 Å². The van der Waals surface area contributed by atoms with Crippen LogP contribution in [-0.2, 0) is 9.59 Å². The minimum absolute atomic E-state index is 0.0660. The maximum absolute atomic E-state index is 13.0. The van der Waals surface area contributed by atoms with Crippen LogP contribution in [0.25, 0.3) is 12.2 Å². The van der Waals surface area contributed by atoms with Crippen LogP contribution in [0.1, 0.15) is 43.2 Å². The van der Waals surface area contributed by atoms with Crippen molar-refractivity contribution in [3.05, 3.63) is 83.9 Å². The molecule has 2 heteroatoms. The Hall–Kier alpha value is -2.74. The standard InChI is InChI=1S/C24H24O2/c25-22(16-14-20-10-4-1-5-11-20)24(18-8-3-9-19-24)23(26)17-15-21-12-6-2-7-13-21/h1-2,4-7,10-17H,3,8-9,18-19H2/b16-14+,17-15+. The van der Waals surface area contributed by atoms with Crippen molar-refractivity contribution >= 4 is 23.7 Å². The molecule has 1 saturated carbocycles. The summed E-state index contributed by atoms with van der Waals surface area (Å²) >= 11 is 0. The van der Waals surface area contributed by atoms with Gasteiger partial charge in [-0.15, -0.1) is 0 Å². The lowest BCUT2D eigenvalue weighted by Crippen LogP contribution is -2.39. The van der Waals surface area contributed by atoms with Crippen LogP contribution in [0.15, 0.2) is 72.8 Å². The van der Waals surface area contributed by atoms with E-state index in [2.05, 4.69) is 0 Å². The SMILES string of the molecule is O=C(/C=C/c1ccccc1)C1(C(=O)/C=C/c2ccccc2)CCCCC1. The molecule has 0 radical (unpaired) electrons. The van der Waals surface area contributed by atoms with Crippen LogP contribution in [0.5, 0.6) is 0 Å². The zero-order valence-corrected chi connectivity index (χ0v) is 14.9. The summed E-state index contributed by atoms with van der Waals surface area (Å²) < 4.78 is 0. The molecule has 0 saturated heterocycles. The van der Waals surface area contributed by atoms with Gasteiger partial charge in [0.2, 0.25) is 0 Å². The molecule has 0 aromatic heterocycles. The average molecular weight is 344 g/mol. The third kappa shape index (κ3) is 4.26. The van der Waals surface area contributed by atoms with Crippen molar-refractivity contribution in [2.75, 3.05) is 0 Å². The second kappa shape index (κ2) is 8.57. The molecule has 0 unspecified atom stereocenters. The molecule has 1 aliphatic rings. The summed E-state index contributed by atoms with van der Waals surface area (Å²) in [6.45, 7) is 0. The number of benzene rings is 2. The zero-order valence-electron chi connectivity index (χ0n) is 14.9. The van der Waals surface area contributed by atoms with E-state index in [0.29, 0.717) is 12.8 Å². The Morgan fingerprint density at radius 1 is 0.654 bits per heavy atom. The third-order valence-corrected chi connectivity index (χ3v) is 5.10. The fourth-order valence-corrected chi connectivity index (χ4v) is 3.56. The van der Waals surface area contributed by atoms with E-state index in [1.54, 1.807) is 12.2 Å². The Bertz CT molecular complexity index is 731. The molecule has 1 fully saturated rings. The summed E-state index contributed by atoms with van der Waals surface area (Å²) in [7, 11) is 0. The Balaban J connectivity index is 1.81. The van der Waals surface area contributed by atoms with Gasteiger partial charge in [0.1, 0.15) is 0 Å². The molecule has 0 heterocycles. The first kappa shape index (κ1) is 18.1. The molecule has 26 heavy (non-hydrogen) atoms. The molecule has 1 aliphatic carbocycles. The third-order valence-electron chi connectivity index (χ3n) is 5.10. The van der Waals surface area contributed by atoms with Gasteiger partial charge in [0.05, 0.1) is 5.41 Å². The minimum Gasteiger partial charge on any atom is -0.294 e. The van der Waals surface area contributed by atoms with Crippen LogP contribution in [0, 0.1) is 5.41 Å². The van der Waals surface area contributed by atoms with E-state index in [-0.39, 0.29) is 11.6 Å². The largest absolute Gasteiger partial charge is 0.294 e. The van der Waals surface area contributed by atoms with Crippen LogP contribution in [0.3, 0.4) is 0 Å². The van der Waals surface area contributed by atoms with Gasteiger partial charge in [0.15, 0.2) is 11.6 Å². The Morgan fingerprint density at radius 3 is 1.50 bits per heavy atom. The van der Waals surface area contributed by atoms with Gasteiger partial charge < -0.3 is 0 Å². The molecule has 0 aliphatic heterocycles. The highest BCUT2D eigenvalue weighted by Gasteiger charge is 2.43. The van der Waals surface area contributed by atoms with E-state index in [4.69, 9.17) is 0 Å². The predicted octanol–water partition coefficient (Wildman–Crippen LogP) is 5.50. The lowest BCUT2D eigenvalue weighted by molar-refractivity contribution is -0.137. The van der Waals surface area contributed by atoms with Gasteiger partial charge >= 0.3 is 0 Å². The van der Waals surface area contributed by atoms with Crippen LogP contribution in [0.4, 0.5) is 0 Å². The van der Waals surface area contributed by atoms with Crippen molar-refractivity contribution in [1.29, 1.82) is 0 Å². The van der Waals surface area contributed by atoms with Crippen molar-refractivity contribution in [2.24, 2.45) is 5.41 Å². The summed E-state index contributed by atoms with van der Waals surface area (Å²) in [5, 5.41) is 0. The first-order chi connectivity index (χ1) is 12.7. The van der Waals surface area contributed by atoms with Crippen molar-refractivity contribution in [2.45, 2.75) is 32.1 Å². The molecule has 2 nitrogen and oxygen atoms in total. The van der Waals surface area contributed by atoms with Crippen LogP contribution in [0.2, 0.25) is 0 Å². The molecule has 0 atom stereocenters. The lowest BCUT2D eigenvalue weighted by Gasteiger charge is -2.32. The summed E-state index contributed by atoms with van der Waals surface area (Å²) in [5.41, 5.74) is 1.05. The van der Waals surface area contributed by atoms with E-state index in [0.717, 1.165) is 30.4 Å². The van der Waals surface area contributed by atoms with Crippen molar-refractivity contribution < 1.29 is 9.59 Å². The minimum atomic E-state index is -0.894. The predicted molar refractivity (Wildman–Crippen MR) is 106 cm³/mol. The summed E-state index contributed by atoms with van der Waals surface area (Å²) in [6, 6.07) is 19.5. The normalized spacial score (nSPS) is 16.8. The molecule has 0 bridgehead atoms. The number of carbonyl (C=O) groups excluding carboxylic acids is 2. The highest BCUT2D eigenvalue weighted by Crippen LogP contribution is 2.39. The number of ketones is 2. The fraction of sp³-hybridized carbons (Fsp3) is 0.250. The highest BCUT2D eigenvalue weighted by atomic mass is 16.2. The van der Waals surface area contributed by atoms with E-state index in [9.17, 15) is 9.59 Å². The smallest absolute Gasteiger partial charge is 0.169 e. The maximum atomic E-state index is 13.0. The van der Waals surface area contributed by atoms with E-state index in [1.807, 2.05) is 72.8 Å². The topological polar surface area (TPSA) is 34.1 Å². The Labute approximate surface area is 155 Å². The molecule has 2 aromatic rings. The average Bonchev–Trinajstić information content (AvgIpc) is 2.72. The van der Waals surface area contributed by atoms with Gasteiger partial charge in [-0.25, -0.2) is 0 Å². The number of carbonyl (C=O) groups is 2. The molecule has 2 aromatic carbocycles. The first-order valence-corrected chi connectivity index (χ1v) is 9.26. The van der Waals surface area contributed by atoms with E-state index >= 15 is 0 Å². The number of hydrogen-bond acceptors (Lipinski definition) is 2. The van der Waals surface area contributed by atoms with Gasteiger partial charge in [-0.2, -0.15) is 0 Å². The fourth-order valence-electron chi connectivity index (χ4n) is 3.56. The van der Waals surface area contributed by atoms with Gasteiger partial charge in [-0.05, 0) is 36.1 Å². The Morgan fingerprint density at radius 2 is 1.08 bits per heavy atom. The molecule has 0 N–H and O–H groups in total. The highest BCUT2D eigenvalue weighted by molar-refractivity contribution is 6.17. The first-order valence-electron chi connectivity index (χ1n) is 9.26. The van der Waals surface area contributed by atoms with Gasteiger partial charge in [-0.1, -0.05) is 92.1 Å².